The number of Topliss-reactive ketones (excluding diaryl/α,β-unsaturated/α-hetero) is 1. The van der Waals surface area contributed by atoms with Gasteiger partial charge in [0.2, 0.25) is 0 Å². The predicted octanol–water partition coefficient (Wildman–Crippen LogP) is 5.50. The standard InChI is InChI=1S/C27H32N2O3/c1-5-29(6-2)18-9-7-17(8-10-18)25-19-13-23-24(32-12-11-31-23)14-20(19)28-21-15-27(3,4)16-22(30)26(21)25/h7-10,13-14,25,28H,5-6,11-12,15-16H2,1-4H3/t25-/m1/s1. The van der Waals surface area contributed by atoms with Crippen LogP contribution >= 0.6 is 0 Å². The van der Waals surface area contributed by atoms with E-state index < -0.39 is 0 Å². The van der Waals surface area contributed by atoms with Crippen LogP contribution in [0.3, 0.4) is 0 Å². The number of ketones is 1. The average molecular weight is 433 g/mol. The normalized spacial score (nSPS) is 20.9. The lowest BCUT2D eigenvalue weighted by atomic mass is 9.68. The Balaban J connectivity index is 1.64. The Morgan fingerprint density at radius 3 is 2.31 bits per heavy atom. The molecular formula is C27H32N2O3. The van der Waals surface area contributed by atoms with Gasteiger partial charge in [0, 0.05) is 54.1 Å². The fraction of sp³-hybridized carbons (Fsp3) is 0.444. The minimum absolute atomic E-state index is 0.0502. The SMILES string of the molecule is CCN(CC)c1ccc([C@H]2C3=C(CC(C)(C)CC3=O)Nc3cc4c(cc32)OCCO4)cc1. The number of carbonyl (C=O) groups is 1. The second-order valence-corrected chi connectivity index (χ2v) is 9.74. The van der Waals surface area contributed by atoms with E-state index in [9.17, 15) is 4.79 Å². The Bertz CT molecular complexity index is 1080. The molecule has 1 atom stereocenters. The number of rotatable bonds is 4. The summed E-state index contributed by atoms with van der Waals surface area (Å²) < 4.78 is 11.7. The van der Waals surface area contributed by atoms with Gasteiger partial charge in [-0.25, -0.2) is 0 Å². The van der Waals surface area contributed by atoms with Crippen LogP contribution in [0.5, 0.6) is 11.5 Å². The zero-order valence-electron chi connectivity index (χ0n) is 19.5. The van der Waals surface area contributed by atoms with Crippen LogP contribution < -0.4 is 19.7 Å². The molecule has 5 nitrogen and oxygen atoms in total. The molecule has 2 heterocycles. The lowest BCUT2D eigenvalue weighted by molar-refractivity contribution is -0.118. The highest BCUT2D eigenvalue weighted by molar-refractivity contribution is 6.01. The van der Waals surface area contributed by atoms with Gasteiger partial charge in [-0.2, -0.15) is 0 Å². The van der Waals surface area contributed by atoms with Crippen LogP contribution in [-0.2, 0) is 4.79 Å². The Morgan fingerprint density at radius 2 is 1.66 bits per heavy atom. The number of ether oxygens (including phenoxy) is 2. The molecule has 3 aliphatic rings. The van der Waals surface area contributed by atoms with Crippen molar-refractivity contribution in [2.45, 2.75) is 46.5 Å². The lowest BCUT2D eigenvalue weighted by Gasteiger charge is -2.40. The van der Waals surface area contributed by atoms with E-state index in [2.05, 4.69) is 68.2 Å². The number of hydrogen-bond donors (Lipinski definition) is 1. The molecule has 1 N–H and O–H groups in total. The fourth-order valence-corrected chi connectivity index (χ4v) is 5.36. The largest absolute Gasteiger partial charge is 0.486 e. The first-order chi connectivity index (χ1) is 15.4. The number of anilines is 2. The maximum absolute atomic E-state index is 13.4. The molecule has 2 aromatic rings. The van der Waals surface area contributed by atoms with Crippen molar-refractivity contribution in [2.24, 2.45) is 5.41 Å². The molecule has 2 aromatic carbocycles. The van der Waals surface area contributed by atoms with Crippen molar-refractivity contribution in [3.05, 3.63) is 58.8 Å². The Morgan fingerprint density at radius 1 is 1.00 bits per heavy atom. The van der Waals surface area contributed by atoms with Crippen LogP contribution in [0.2, 0.25) is 0 Å². The van der Waals surface area contributed by atoms with E-state index in [1.54, 1.807) is 0 Å². The van der Waals surface area contributed by atoms with Crippen molar-refractivity contribution < 1.29 is 14.3 Å². The summed E-state index contributed by atoms with van der Waals surface area (Å²) in [6.45, 7) is 11.7. The molecule has 0 saturated carbocycles. The monoisotopic (exact) mass is 432 g/mol. The van der Waals surface area contributed by atoms with Gasteiger partial charge in [0.1, 0.15) is 13.2 Å². The van der Waals surface area contributed by atoms with Crippen LogP contribution in [0.15, 0.2) is 47.7 Å². The van der Waals surface area contributed by atoms with Gasteiger partial charge in [-0.3, -0.25) is 4.79 Å². The third-order valence-electron chi connectivity index (χ3n) is 6.87. The fourth-order valence-electron chi connectivity index (χ4n) is 5.36. The molecule has 2 aliphatic heterocycles. The summed E-state index contributed by atoms with van der Waals surface area (Å²) in [6.07, 6.45) is 1.43. The first kappa shape index (κ1) is 20.9. The molecule has 0 unspecified atom stereocenters. The lowest BCUT2D eigenvalue weighted by Crippen LogP contribution is -2.34. The number of nitrogens with one attached hydrogen (secondary N) is 1. The van der Waals surface area contributed by atoms with Gasteiger partial charge in [0.25, 0.3) is 0 Å². The molecule has 0 spiro atoms. The third-order valence-corrected chi connectivity index (χ3v) is 6.87. The highest BCUT2D eigenvalue weighted by atomic mass is 16.6. The van der Waals surface area contributed by atoms with E-state index in [1.807, 2.05) is 6.07 Å². The van der Waals surface area contributed by atoms with E-state index in [0.717, 1.165) is 59.1 Å². The topological polar surface area (TPSA) is 50.8 Å². The number of hydrogen-bond acceptors (Lipinski definition) is 5. The van der Waals surface area contributed by atoms with Crippen molar-refractivity contribution in [1.29, 1.82) is 0 Å². The van der Waals surface area contributed by atoms with Gasteiger partial charge >= 0.3 is 0 Å². The minimum Gasteiger partial charge on any atom is -0.486 e. The number of allylic oxidation sites excluding steroid dienone is 2. The van der Waals surface area contributed by atoms with E-state index in [4.69, 9.17) is 9.47 Å². The maximum atomic E-state index is 13.4. The summed E-state index contributed by atoms with van der Waals surface area (Å²) in [4.78, 5) is 15.8. The molecule has 1 aliphatic carbocycles. The Hall–Kier alpha value is -2.95. The van der Waals surface area contributed by atoms with Gasteiger partial charge in [-0.15, -0.1) is 0 Å². The summed E-state index contributed by atoms with van der Waals surface area (Å²) in [5, 5.41) is 3.60. The first-order valence-electron chi connectivity index (χ1n) is 11.7. The Kier molecular flexibility index (Phi) is 5.15. The van der Waals surface area contributed by atoms with Crippen molar-refractivity contribution in [3.8, 4) is 11.5 Å². The minimum atomic E-state index is -0.105. The van der Waals surface area contributed by atoms with Crippen molar-refractivity contribution in [1.82, 2.24) is 0 Å². The smallest absolute Gasteiger partial charge is 0.163 e. The molecule has 5 rings (SSSR count). The molecule has 32 heavy (non-hydrogen) atoms. The van der Waals surface area contributed by atoms with Crippen LogP contribution in [0, 0.1) is 5.41 Å². The van der Waals surface area contributed by atoms with Crippen molar-refractivity contribution in [2.75, 3.05) is 36.5 Å². The molecule has 0 aromatic heterocycles. The van der Waals surface area contributed by atoms with Gasteiger partial charge in [0.05, 0.1) is 0 Å². The van der Waals surface area contributed by atoms with E-state index >= 15 is 0 Å². The number of fused-ring (bicyclic) bond motifs is 2. The highest BCUT2D eigenvalue weighted by Crippen LogP contribution is 2.51. The van der Waals surface area contributed by atoms with Gasteiger partial charge in [0.15, 0.2) is 17.3 Å². The number of nitrogens with zero attached hydrogens (tertiary/aromatic N) is 1. The summed E-state index contributed by atoms with van der Waals surface area (Å²) in [5.41, 5.74) is 6.34. The van der Waals surface area contributed by atoms with Crippen LogP contribution in [0.4, 0.5) is 11.4 Å². The molecular weight excluding hydrogens is 400 g/mol. The molecule has 0 fully saturated rings. The van der Waals surface area contributed by atoms with Crippen molar-refractivity contribution >= 4 is 17.2 Å². The van der Waals surface area contributed by atoms with Gasteiger partial charge in [-0.1, -0.05) is 26.0 Å². The van der Waals surface area contributed by atoms with E-state index in [1.165, 1.54) is 5.69 Å². The molecule has 5 heteroatoms. The van der Waals surface area contributed by atoms with Crippen molar-refractivity contribution in [3.63, 3.8) is 0 Å². The highest BCUT2D eigenvalue weighted by Gasteiger charge is 2.41. The summed E-state index contributed by atoms with van der Waals surface area (Å²) >= 11 is 0. The third kappa shape index (κ3) is 3.54. The summed E-state index contributed by atoms with van der Waals surface area (Å²) in [5.74, 6) is 1.66. The van der Waals surface area contributed by atoms with Gasteiger partial charge in [-0.05, 0) is 55.0 Å². The van der Waals surface area contributed by atoms with E-state index in [-0.39, 0.29) is 17.1 Å². The average Bonchev–Trinajstić information content (AvgIpc) is 2.77. The predicted molar refractivity (Wildman–Crippen MR) is 128 cm³/mol. The first-order valence-corrected chi connectivity index (χ1v) is 11.7. The molecule has 0 radical (unpaired) electrons. The number of benzene rings is 2. The molecule has 168 valence electrons. The molecule has 0 amide bonds. The zero-order chi connectivity index (χ0) is 22.5. The zero-order valence-corrected chi connectivity index (χ0v) is 19.5. The van der Waals surface area contributed by atoms with Crippen LogP contribution in [-0.4, -0.2) is 32.1 Å². The van der Waals surface area contributed by atoms with Crippen LogP contribution in [0.1, 0.15) is 57.6 Å². The van der Waals surface area contributed by atoms with Crippen LogP contribution in [0.25, 0.3) is 0 Å². The summed E-state index contributed by atoms with van der Waals surface area (Å²) in [7, 11) is 0. The quantitative estimate of drug-likeness (QED) is 0.691. The van der Waals surface area contributed by atoms with E-state index in [0.29, 0.717) is 19.6 Å². The Labute approximate surface area is 190 Å². The number of carbonyl (C=O) groups excluding carboxylic acids is 1. The molecule has 0 saturated heterocycles. The maximum Gasteiger partial charge on any atom is 0.163 e. The second kappa shape index (κ2) is 7.88. The summed E-state index contributed by atoms with van der Waals surface area (Å²) in [6, 6.07) is 12.8. The molecule has 0 bridgehead atoms. The van der Waals surface area contributed by atoms with Gasteiger partial charge < -0.3 is 19.7 Å². The second-order valence-electron chi connectivity index (χ2n) is 9.74.